The highest BCUT2D eigenvalue weighted by molar-refractivity contribution is 6.39. The Morgan fingerprint density at radius 2 is 1.74 bits per heavy atom. The number of aryl methyl sites for hydroxylation is 1. The van der Waals surface area contributed by atoms with E-state index in [-0.39, 0.29) is 11.4 Å². The van der Waals surface area contributed by atoms with Crippen molar-refractivity contribution in [2.75, 3.05) is 4.90 Å². The molecule has 1 aromatic heterocycles. The molecule has 0 saturated carbocycles. The van der Waals surface area contributed by atoms with Crippen molar-refractivity contribution in [3.63, 3.8) is 0 Å². The maximum Gasteiger partial charge on any atom is 0.335 e. The lowest BCUT2D eigenvalue weighted by Gasteiger charge is -2.28. The van der Waals surface area contributed by atoms with Gasteiger partial charge in [0.15, 0.2) is 0 Å². The van der Waals surface area contributed by atoms with E-state index in [0.29, 0.717) is 17.8 Å². The number of halogens is 1. The number of aromatic nitrogens is 1. The van der Waals surface area contributed by atoms with E-state index in [1.54, 1.807) is 24.3 Å². The number of amides is 4. The van der Waals surface area contributed by atoms with Crippen molar-refractivity contribution < 1.29 is 18.8 Å². The molecule has 0 atom stereocenters. The van der Waals surface area contributed by atoms with Crippen molar-refractivity contribution in [1.29, 1.82) is 0 Å². The van der Waals surface area contributed by atoms with Crippen molar-refractivity contribution in [2.45, 2.75) is 20.4 Å². The molecule has 2 heterocycles. The number of hydrogen-bond acceptors (Lipinski definition) is 3. The molecular formula is C28H22FN3O3. The molecule has 35 heavy (non-hydrogen) atoms. The summed E-state index contributed by atoms with van der Waals surface area (Å²) in [5.41, 5.74) is 4.46. The Bertz CT molecular complexity index is 1550. The zero-order chi connectivity index (χ0) is 24.7. The molecule has 1 saturated heterocycles. The van der Waals surface area contributed by atoms with Crippen LogP contribution in [0.3, 0.4) is 0 Å². The Balaban J connectivity index is 1.48. The van der Waals surface area contributed by atoms with E-state index in [2.05, 4.69) is 5.32 Å². The Kier molecular flexibility index (Phi) is 5.53. The van der Waals surface area contributed by atoms with Gasteiger partial charge in [-0.2, -0.15) is 0 Å². The third-order valence-corrected chi connectivity index (χ3v) is 6.27. The van der Waals surface area contributed by atoms with Crippen LogP contribution in [0.25, 0.3) is 17.0 Å². The highest BCUT2D eigenvalue weighted by Crippen LogP contribution is 2.28. The number of fused-ring (bicyclic) bond motifs is 1. The Hall–Kier alpha value is -4.52. The third kappa shape index (κ3) is 4.12. The topological polar surface area (TPSA) is 71.4 Å². The number of barbiturate groups is 1. The molecule has 0 radical (unpaired) electrons. The Morgan fingerprint density at radius 1 is 0.943 bits per heavy atom. The summed E-state index contributed by atoms with van der Waals surface area (Å²) < 4.78 is 15.6. The summed E-state index contributed by atoms with van der Waals surface area (Å²) >= 11 is 0. The number of nitrogens with one attached hydrogen (secondary N) is 1. The van der Waals surface area contributed by atoms with Crippen molar-refractivity contribution in [1.82, 2.24) is 9.88 Å². The highest BCUT2D eigenvalue weighted by Gasteiger charge is 2.37. The molecule has 7 heteroatoms. The van der Waals surface area contributed by atoms with Crippen LogP contribution < -0.4 is 10.2 Å². The average Bonchev–Trinajstić information content (AvgIpc) is 3.21. The van der Waals surface area contributed by atoms with E-state index in [1.165, 1.54) is 18.2 Å². The predicted molar refractivity (Wildman–Crippen MR) is 132 cm³/mol. The molecule has 1 aliphatic rings. The molecule has 0 unspecified atom stereocenters. The lowest BCUT2D eigenvalue weighted by molar-refractivity contribution is -0.122. The molecule has 3 aromatic carbocycles. The number of hydrogen-bond donors (Lipinski definition) is 1. The van der Waals surface area contributed by atoms with Gasteiger partial charge in [-0.3, -0.25) is 14.9 Å². The summed E-state index contributed by atoms with van der Waals surface area (Å²) in [7, 11) is 0. The maximum absolute atomic E-state index is 13.6. The molecule has 4 aromatic rings. The minimum atomic E-state index is -0.768. The Labute approximate surface area is 201 Å². The second kappa shape index (κ2) is 8.68. The summed E-state index contributed by atoms with van der Waals surface area (Å²) in [6, 6.07) is 18.5. The first-order chi connectivity index (χ1) is 16.8. The SMILES string of the molecule is Cc1cccc(N2C(=O)NC(=O)/C(=C/c3ccc4c(ccn4Cc4cccc(F)c4)c3)C2=O)c1C. The fraction of sp³-hybridized carbons (Fsp3) is 0.107. The predicted octanol–water partition coefficient (Wildman–Crippen LogP) is 5.11. The van der Waals surface area contributed by atoms with Gasteiger partial charge in [0, 0.05) is 23.6 Å². The molecule has 0 spiro atoms. The summed E-state index contributed by atoms with van der Waals surface area (Å²) in [5, 5.41) is 3.18. The first-order valence-electron chi connectivity index (χ1n) is 11.1. The molecule has 174 valence electrons. The minimum Gasteiger partial charge on any atom is -0.343 e. The molecule has 0 bridgehead atoms. The number of benzene rings is 3. The number of rotatable bonds is 4. The number of imide groups is 2. The van der Waals surface area contributed by atoms with Gasteiger partial charge in [0.1, 0.15) is 11.4 Å². The normalized spacial score (nSPS) is 15.2. The van der Waals surface area contributed by atoms with Crippen molar-refractivity contribution in [3.8, 4) is 0 Å². The molecule has 1 aliphatic heterocycles. The van der Waals surface area contributed by atoms with E-state index in [1.807, 2.05) is 54.9 Å². The van der Waals surface area contributed by atoms with Gasteiger partial charge in [0.2, 0.25) is 0 Å². The quantitative estimate of drug-likeness (QED) is 0.335. The maximum atomic E-state index is 13.6. The number of carbonyl (C=O) groups excluding carboxylic acids is 3. The average molecular weight is 468 g/mol. The van der Waals surface area contributed by atoms with Gasteiger partial charge in [-0.15, -0.1) is 0 Å². The number of anilines is 1. The molecule has 0 aliphatic carbocycles. The van der Waals surface area contributed by atoms with Crippen molar-refractivity contribution in [3.05, 3.63) is 107 Å². The van der Waals surface area contributed by atoms with Gasteiger partial charge < -0.3 is 4.57 Å². The lowest BCUT2D eigenvalue weighted by atomic mass is 10.0. The molecule has 4 amide bonds. The largest absolute Gasteiger partial charge is 0.343 e. The summed E-state index contributed by atoms with van der Waals surface area (Å²) in [6.07, 6.45) is 3.40. The van der Waals surface area contributed by atoms with Crippen LogP contribution in [0.2, 0.25) is 0 Å². The van der Waals surface area contributed by atoms with Gasteiger partial charge in [-0.25, -0.2) is 14.1 Å². The lowest BCUT2D eigenvalue weighted by Crippen LogP contribution is -2.54. The van der Waals surface area contributed by atoms with E-state index in [9.17, 15) is 18.8 Å². The highest BCUT2D eigenvalue weighted by atomic mass is 19.1. The second-order valence-corrected chi connectivity index (χ2v) is 8.57. The second-order valence-electron chi connectivity index (χ2n) is 8.57. The summed E-state index contributed by atoms with van der Waals surface area (Å²) in [5.74, 6) is -1.68. The Morgan fingerprint density at radius 3 is 2.54 bits per heavy atom. The van der Waals surface area contributed by atoms with Crippen LogP contribution in [0.15, 0.2) is 78.5 Å². The summed E-state index contributed by atoms with van der Waals surface area (Å²) in [6.45, 7) is 4.23. The van der Waals surface area contributed by atoms with Crippen LogP contribution in [0.1, 0.15) is 22.3 Å². The first kappa shape index (κ1) is 22.3. The number of urea groups is 1. The van der Waals surface area contributed by atoms with Gasteiger partial charge in [-0.05, 0) is 78.6 Å². The van der Waals surface area contributed by atoms with Gasteiger partial charge >= 0.3 is 6.03 Å². The monoisotopic (exact) mass is 467 g/mol. The van der Waals surface area contributed by atoms with Gasteiger partial charge in [-0.1, -0.05) is 30.3 Å². The van der Waals surface area contributed by atoms with Crippen LogP contribution in [0.4, 0.5) is 14.9 Å². The molecule has 1 N–H and O–H groups in total. The first-order valence-corrected chi connectivity index (χ1v) is 11.1. The van der Waals surface area contributed by atoms with E-state index in [4.69, 9.17) is 0 Å². The molecule has 1 fully saturated rings. The van der Waals surface area contributed by atoms with Crippen LogP contribution in [0.5, 0.6) is 0 Å². The van der Waals surface area contributed by atoms with Crippen LogP contribution in [0, 0.1) is 19.7 Å². The van der Waals surface area contributed by atoms with E-state index < -0.39 is 17.8 Å². The fourth-order valence-corrected chi connectivity index (χ4v) is 4.30. The van der Waals surface area contributed by atoms with Gasteiger partial charge in [0.05, 0.1) is 5.69 Å². The molecular weight excluding hydrogens is 445 g/mol. The molecule has 6 nitrogen and oxygen atoms in total. The van der Waals surface area contributed by atoms with Crippen LogP contribution in [-0.4, -0.2) is 22.4 Å². The van der Waals surface area contributed by atoms with Gasteiger partial charge in [0.25, 0.3) is 11.8 Å². The third-order valence-electron chi connectivity index (χ3n) is 6.27. The summed E-state index contributed by atoms with van der Waals surface area (Å²) in [4.78, 5) is 39.4. The van der Waals surface area contributed by atoms with Crippen LogP contribution in [-0.2, 0) is 16.1 Å². The van der Waals surface area contributed by atoms with E-state index >= 15 is 0 Å². The zero-order valence-corrected chi connectivity index (χ0v) is 19.2. The van der Waals surface area contributed by atoms with Crippen LogP contribution >= 0.6 is 0 Å². The number of carbonyl (C=O) groups is 3. The van der Waals surface area contributed by atoms with E-state index in [0.717, 1.165) is 32.5 Å². The fourth-order valence-electron chi connectivity index (χ4n) is 4.30. The smallest absolute Gasteiger partial charge is 0.335 e. The standard InChI is InChI=1S/C28H22FN3O3/c1-17-5-3-8-24(18(17)2)32-27(34)23(26(33)30-28(32)35)15-19-9-10-25-21(13-19)11-12-31(25)16-20-6-4-7-22(29)14-20/h3-15H,16H2,1-2H3,(H,30,33,35)/b23-15-. The van der Waals surface area contributed by atoms with Crippen molar-refractivity contribution >= 4 is 40.5 Å². The minimum absolute atomic E-state index is 0.121. The molecule has 5 rings (SSSR count). The number of nitrogens with zero attached hydrogens (tertiary/aromatic N) is 2. The van der Waals surface area contributed by atoms with Crippen molar-refractivity contribution in [2.24, 2.45) is 0 Å². The zero-order valence-electron chi connectivity index (χ0n) is 19.2.